The number of nitrogens with two attached hydrogens (primary N) is 1. The van der Waals surface area contributed by atoms with Crippen LogP contribution in [-0.4, -0.2) is 91.1 Å². The van der Waals surface area contributed by atoms with Crippen LogP contribution in [0.4, 0.5) is 5.82 Å². The third-order valence-electron chi connectivity index (χ3n) is 7.74. The van der Waals surface area contributed by atoms with E-state index in [-0.39, 0.29) is 42.7 Å². The molecule has 0 saturated carbocycles. The first kappa shape index (κ1) is 42.4. The van der Waals surface area contributed by atoms with Crippen molar-refractivity contribution in [1.29, 1.82) is 0 Å². The maximum absolute atomic E-state index is 13.9. The van der Waals surface area contributed by atoms with Gasteiger partial charge in [-0.15, -0.1) is 19.7 Å². The van der Waals surface area contributed by atoms with E-state index < -0.39 is 86.7 Å². The number of hydrogen-bond donors (Lipinski definition) is 4. The third-order valence-corrected chi connectivity index (χ3v) is 8.65. The molecule has 0 spiro atoms. The number of esters is 2. The Morgan fingerprint density at radius 3 is 2.17 bits per heavy atom. The standard InChI is InChI=1S/C33H46N7O12P/c1-7-10-13-22(41)38-20(6)32(44)50-27-21(16-48-53(46,47)52-24(43)15-12-9-3)49-31(40-18-37-26-29(34)35-17-36-30(26)40)28(27)51-33(45)25(19(4)5)39-23(42)14-11-8-2/h7-9,17-21,25,27-28,31H,1-3,10-16H2,4-6H3,(H,38,41)(H,39,42)(H,46,47)(H2,34,35,36)/t20-,21+,25-,27+,28+,31+/m0/s1. The number of nitrogens with zero attached hydrogens (tertiary/aromatic N) is 4. The largest absolute Gasteiger partial charge is 0.529 e. The molecule has 0 bridgehead atoms. The van der Waals surface area contributed by atoms with E-state index in [2.05, 4.69) is 49.8 Å². The molecule has 3 heterocycles. The summed E-state index contributed by atoms with van der Waals surface area (Å²) in [5, 5.41) is 5.15. The fourth-order valence-corrected chi connectivity index (χ4v) is 5.74. The molecule has 2 aromatic rings. The first-order chi connectivity index (χ1) is 25.1. The van der Waals surface area contributed by atoms with Gasteiger partial charge in [0.25, 0.3) is 0 Å². The van der Waals surface area contributed by atoms with Crippen LogP contribution in [0.25, 0.3) is 11.2 Å². The molecule has 1 aliphatic rings. The van der Waals surface area contributed by atoms with E-state index >= 15 is 0 Å². The summed E-state index contributed by atoms with van der Waals surface area (Å²) in [6, 6.07) is -2.42. The molecule has 0 radical (unpaired) electrons. The predicted octanol–water partition coefficient (Wildman–Crippen LogP) is 2.33. The summed E-state index contributed by atoms with van der Waals surface area (Å²) in [7, 11) is -5.07. The SMILES string of the molecule is C=CCCC(=O)N[C@@H](C)C(=O)O[C@H]1[C@@H](OC(=O)[C@@H](NC(=O)CCC=C)C(C)C)[C@H](n2cnc3c(N)ncnc32)O[C@@H]1COP(=O)(O)OC(=O)CCC=C. The zero-order chi connectivity index (χ0) is 39.3. The highest BCUT2D eigenvalue weighted by molar-refractivity contribution is 7.48. The highest BCUT2D eigenvalue weighted by atomic mass is 31.2. The number of phosphoric ester groups is 1. The van der Waals surface area contributed by atoms with Crippen LogP contribution in [0.3, 0.4) is 0 Å². The number of nitrogen functional groups attached to an aromatic ring is 1. The Morgan fingerprint density at radius 2 is 1.55 bits per heavy atom. The predicted molar refractivity (Wildman–Crippen MR) is 188 cm³/mol. The van der Waals surface area contributed by atoms with Gasteiger partial charge in [0.05, 0.1) is 12.9 Å². The molecule has 1 aliphatic heterocycles. The zero-order valence-corrected chi connectivity index (χ0v) is 30.6. The van der Waals surface area contributed by atoms with Crippen LogP contribution in [0.15, 0.2) is 50.6 Å². The van der Waals surface area contributed by atoms with E-state index in [1.54, 1.807) is 19.9 Å². The number of carbonyl (C=O) groups is 5. The summed E-state index contributed by atoms with van der Waals surface area (Å²) >= 11 is 0. The number of ether oxygens (including phenoxy) is 3. The van der Waals surface area contributed by atoms with Crippen LogP contribution < -0.4 is 16.4 Å². The van der Waals surface area contributed by atoms with Crippen LogP contribution in [0, 0.1) is 5.92 Å². The molecule has 5 N–H and O–H groups in total. The topological polar surface area (TPSA) is 262 Å². The molecule has 1 fully saturated rings. The van der Waals surface area contributed by atoms with E-state index in [0.29, 0.717) is 12.8 Å². The van der Waals surface area contributed by atoms with Crippen molar-refractivity contribution in [3.8, 4) is 0 Å². The highest BCUT2D eigenvalue weighted by Gasteiger charge is 2.53. The summed E-state index contributed by atoms with van der Waals surface area (Å²) in [4.78, 5) is 87.2. The van der Waals surface area contributed by atoms with Crippen molar-refractivity contribution in [3.63, 3.8) is 0 Å². The molecule has 0 aromatic carbocycles. The normalized spacial score (nSPS) is 20.4. The quantitative estimate of drug-likeness (QED) is 0.0808. The van der Waals surface area contributed by atoms with E-state index in [1.165, 1.54) is 30.0 Å². The molecule has 19 nitrogen and oxygen atoms in total. The second kappa shape index (κ2) is 19.8. The van der Waals surface area contributed by atoms with Crippen LogP contribution in [0.1, 0.15) is 65.5 Å². The first-order valence-corrected chi connectivity index (χ1v) is 18.2. The number of amides is 2. The van der Waals surface area contributed by atoms with Crippen molar-refractivity contribution in [2.45, 2.75) is 95.9 Å². The van der Waals surface area contributed by atoms with Crippen molar-refractivity contribution in [2.75, 3.05) is 12.3 Å². The van der Waals surface area contributed by atoms with Crippen molar-refractivity contribution in [2.24, 2.45) is 5.92 Å². The Kier molecular flexibility index (Phi) is 15.8. The number of rotatable bonds is 21. The van der Waals surface area contributed by atoms with Gasteiger partial charge in [0, 0.05) is 19.3 Å². The van der Waals surface area contributed by atoms with Gasteiger partial charge in [0.15, 0.2) is 29.9 Å². The Balaban J connectivity index is 2.05. The Bertz CT molecular complexity index is 1720. The summed E-state index contributed by atoms with van der Waals surface area (Å²) in [5.41, 5.74) is 6.25. The Morgan fingerprint density at radius 1 is 0.943 bits per heavy atom. The molecule has 7 atom stereocenters. The number of fused-ring (bicyclic) bond motifs is 1. The average Bonchev–Trinajstić information content (AvgIpc) is 3.68. The van der Waals surface area contributed by atoms with Crippen LogP contribution in [-0.2, 0) is 51.8 Å². The molecular weight excluding hydrogens is 717 g/mol. The van der Waals surface area contributed by atoms with E-state index in [0.717, 1.165) is 6.33 Å². The lowest BCUT2D eigenvalue weighted by atomic mass is 10.0. The second-order valence-corrected chi connectivity index (χ2v) is 13.6. The summed E-state index contributed by atoms with van der Waals surface area (Å²) in [5.74, 6) is -4.41. The van der Waals surface area contributed by atoms with Crippen LogP contribution in [0.5, 0.6) is 0 Å². The molecule has 0 aliphatic carbocycles. The van der Waals surface area contributed by atoms with Gasteiger partial charge < -0.3 is 35.1 Å². The molecule has 1 unspecified atom stereocenters. The van der Waals surface area contributed by atoms with Crippen LogP contribution >= 0.6 is 7.82 Å². The van der Waals surface area contributed by atoms with Crippen LogP contribution in [0.2, 0.25) is 0 Å². The molecule has 3 rings (SSSR count). The van der Waals surface area contributed by atoms with Gasteiger partial charge in [-0.05, 0) is 32.1 Å². The lowest BCUT2D eigenvalue weighted by molar-refractivity contribution is -0.172. The molecule has 2 aromatic heterocycles. The number of allylic oxidation sites excluding steroid dienone is 3. The van der Waals surface area contributed by atoms with Crippen molar-refractivity contribution in [3.05, 3.63) is 50.6 Å². The highest BCUT2D eigenvalue weighted by Crippen LogP contribution is 2.45. The van der Waals surface area contributed by atoms with Crippen molar-refractivity contribution < 1.29 is 56.7 Å². The molecule has 53 heavy (non-hydrogen) atoms. The minimum absolute atomic E-state index is 0.00534. The molecule has 290 valence electrons. The van der Waals surface area contributed by atoms with E-state index in [9.17, 15) is 33.4 Å². The Hall–Kier alpha value is -4.97. The third kappa shape index (κ3) is 12.0. The number of carbonyl (C=O) groups excluding carboxylic acids is 5. The monoisotopic (exact) mass is 763 g/mol. The number of anilines is 1. The minimum Gasteiger partial charge on any atom is -0.454 e. The van der Waals surface area contributed by atoms with Gasteiger partial charge in [-0.1, -0.05) is 32.1 Å². The maximum atomic E-state index is 13.9. The van der Waals surface area contributed by atoms with Gasteiger partial charge in [0.1, 0.15) is 30.0 Å². The molecule has 1 saturated heterocycles. The first-order valence-electron chi connectivity index (χ1n) is 16.7. The lowest BCUT2D eigenvalue weighted by Crippen LogP contribution is -2.50. The fourth-order valence-electron chi connectivity index (χ4n) is 5.00. The molecule has 20 heteroatoms. The summed E-state index contributed by atoms with van der Waals surface area (Å²) < 4.78 is 41.8. The molecule has 2 amide bonds. The summed E-state index contributed by atoms with van der Waals surface area (Å²) in [6.07, 6.45) is 1.49. The van der Waals surface area contributed by atoms with Crippen molar-refractivity contribution in [1.82, 2.24) is 30.2 Å². The zero-order valence-electron chi connectivity index (χ0n) is 29.8. The van der Waals surface area contributed by atoms with Gasteiger partial charge in [-0.2, -0.15) is 0 Å². The van der Waals surface area contributed by atoms with Crippen molar-refractivity contribution >= 4 is 54.5 Å². The van der Waals surface area contributed by atoms with Gasteiger partial charge in [-0.3, -0.25) is 28.4 Å². The fraction of sp³-hybridized carbons (Fsp3) is 0.515. The number of nitrogens with one attached hydrogen (secondary N) is 2. The second-order valence-electron chi connectivity index (χ2n) is 12.2. The van der Waals surface area contributed by atoms with Gasteiger partial charge in [-0.25, -0.2) is 29.1 Å². The lowest BCUT2D eigenvalue weighted by Gasteiger charge is -2.28. The Labute approximate surface area is 305 Å². The number of hydrogen-bond acceptors (Lipinski definition) is 15. The smallest absolute Gasteiger partial charge is 0.454 e. The number of aromatic nitrogens is 4. The van der Waals surface area contributed by atoms with E-state index in [4.69, 9.17) is 24.5 Å². The number of phosphoric acid groups is 1. The van der Waals surface area contributed by atoms with Gasteiger partial charge >= 0.3 is 25.7 Å². The minimum atomic E-state index is -5.07. The number of imidazole rings is 1. The van der Waals surface area contributed by atoms with Gasteiger partial charge in [0.2, 0.25) is 11.8 Å². The average molecular weight is 764 g/mol. The van der Waals surface area contributed by atoms with E-state index in [1.807, 2.05) is 0 Å². The maximum Gasteiger partial charge on any atom is 0.529 e. The molecular formula is C33H46N7O12P. The summed E-state index contributed by atoms with van der Waals surface area (Å²) in [6.45, 7) is 14.5.